The Morgan fingerprint density at radius 1 is 1.46 bits per heavy atom. The third-order valence-electron chi connectivity index (χ3n) is 4.99. The molecule has 0 spiro atoms. The zero-order valence-corrected chi connectivity index (χ0v) is 15.9. The maximum Gasteiger partial charge on any atom is 0.260 e. The number of hydrazine groups is 1. The lowest BCUT2D eigenvalue weighted by Gasteiger charge is -2.41. The minimum absolute atomic E-state index is 0.130. The molecule has 1 aliphatic rings. The standard InChI is InChI=1S/C21H30N2O3/c1-4-6-13-20(19-12-8-7-10-17(19)15-24)23(21(25)5-2)22-14-9-11-18(22)16-26-3/h5,7-8,10,12,15,18,20H,2,4,6,9,11,13-14,16H2,1,3H3/t18-,20+/m0/s1. The van der Waals surface area contributed by atoms with Crippen molar-refractivity contribution in [3.8, 4) is 0 Å². The second kappa shape index (κ2) is 10.2. The van der Waals surface area contributed by atoms with Crippen LogP contribution in [0, 0.1) is 0 Å². The molecule has 0 radical (unpaired) electrons. The minimum Gasteiger partial charge on any atom is -0.383 e. The van der Waals surface area contributed by atoms with Gasteiger partial charge in [0.15, 0.2) is 0 Å². The molecule has 0 bridgehead atoms. The van der Waals surface area contributed by atoms with E-state index >= 15 is 0 Å². The number of unbranched alkanes of at least 4 members (excludes halogenated alkanes) is 1. The van der Waals surface area contributed by atoms with Crippen molar-refractivity contribution in [2.45, 2.75) is 51.1 Å². The zero-order chi connectivity index (χ0) is 18.9. The van der Waals surface area contributed by atoms with Gasteiger partial charge in [-0.05, 0) is 30.9 Å². The number of methoxy groups -OCH3 is 1. The molecule has 1 heterocycles. The minimum atomic E-state index is -0.181. The molecule has 0 unspecified atom stereocenters. The van der Waals surface area contributed by atoms with E-state index in [1.807, 2.05) is 29.3 Å². The van der Waals surface area contributed by atoms with Crippen molar-refractivity contribution in [1.29, 1.82) is 0 Å². The van der Waals surface area contributed by atoms with Gasteiger partial charge in [-0.15, -0.1) is 0 Å². The quantitative estimate of drug-likeness (QED) is 0.472. The van der Waals surface area contributed by atoms with Gasteiger partial charge in [-0.2, -0.15) is 0 Å². The number of carbonyl (C=O) groups excluding carboxylic acids is 2. The number of benzene rings is 1. The van der Waals surface area contributed by atoms with E-state index in [1.165, 1.54) is 6.08 Å². The van der Waals surface area contributed by atoms with Crippen molar-refractivity contribution in [2.24, 2.45) is 0 Å². The Labute approximate surface area is 156 Å². The molecule has 2 rings (SSSR count). The summed E-state index contributed by atoms with van der Waals surface area (Å²) in [6.45, 7) is 7.22. The summed E-state index contributed by atoms with van der Waals surface area (Å²) in [5, 5.41) is 3.94. The fourth-order valence-corrected chi connectivity index (χ4v) is 3.75. The molecule has 1 fully saturated rings. The molecule has 1 saturated heterocycles. The summed E-state index contributed by atoms with van der Waals surface area (Å²) in [7, 11) is 1.69. The molecular formula is C21H30N2O3. The van der Waals surface area contributed by atoms with Crippen LogP contribution in [0.15, 0.2) is 36.9 Å². The molecule has 5 heteroatoms. The van der Waals surface area contributed by atoms with Gasteiger partial charge >= 0.3 is 0 Å². The lowest BCUT2D eigenvalue weighted by molar-refractivity contribution is -0.155. The summed E-state index contributed by atoms with van der Waals surface area (Å²) in [5.41, 5.74) is 1.53. The molecule has 1 amide bonds. The maximum atomic E-state index is 12.9. The zero-order valence-electron chi connectivity index (χ0n) is 15.9. The van der Waals surface area contributed by atoms with Crippen LogP contribution in [-0.2, 0) is 9.53 Å². The van der Waals surface area contributed by atoms with E-state index in [9.17, 15) is 9.59 Å². The van der Waals surface area contributed by atoms with Gasteiger partial charge in [0.05, 0.1) is 18.7 Å². The van der Waals surface area contributed by atoms with Crippen molar-refractivity contribution in [3.05, 3.63) is 48.0 Å². The summed E-state index contributed by atoms with van der Waals surface area (Å²) in [6, 6.07) is 7.53. The SMILES string of the molecule is C=CC(=O)N([C@H](CCCC)c1ccccc1C=O)N1CCC[C@H]1COC. The molecule has 1 aromatic carbocycles. The average Bonchev–Trinajstić information content (AvgIpc) is 3.12. The number of carbonyl (C=O) groups is 2. The number of rotatable bonds is 10. The van der Waals surface area contributed by atoms with Crippen molar-refractivity contribution in [3.63, 3.8) is 0 Å². The fraction of sp³-hybridized carbons (Fsp3) is 0.524. The Hall–Kier alpha value is -1.98. The second-order valence-electron chi connectivity index (χ2n) is 6.71. The molecule has 26 heavy (non-hydrogen) atoms. The first-order chi connectivity index (χ1) is 12.7. The summed E-state index contributed by atoms with van der Waals surface area (Å²) >= 11 is 0. The van der Waals surface area contributed by atoms with Gasteiger partial charge in [-0.25, -0.2) is 5.01 Å². The van der Waals surface area contributed by atoms with Gasteiger partial charge in [0.1, 0.15) is 6.29 Å². The van der Waals surface area contributed by atoms with Crippen molar-refractivity contribution in [1.82, 2.24) is 10.0 Å². The molecule has 2 atom stereocenters. The highest BCUT2D eigenvalue weighted by molar-refractivity contribution is 5.87. The van der Waals surface area contributed by atoms with Gasteiger partial charge in [0.2, 0.25) is 0 Å². The van der Waals surface area contributed by atoms with Crippen LogP contribution >= 0.6 is 0 Å². The first-order valence-electron chi connectivity index (χ1n) is 9.43. The van der Waals surface area contributed by atoms with Gasteiger partial charge < -0.3 is 4.74 Å². The lowest BCUT2D eigenvalue weighted by atomic mass is 9.96. The predicted octanol–water partition coefficient (Wildman–Crippen LogP) is 3.77. The van der Waals surface area contributed by atoms with E-state index in [-0.39, 0.29) is 18.0 Å². The molecule has 142 valence electrons. The van der Waals surface area contributed by atoms with Gasteiger partial charge in [-0.1, -0.05) is 50.6 Å². The van der Waals surface area contributed by atoms with Gasteiger partial charge in [0.25, 0.3) is 5.91 Å². The summed E-state index contributed by atoms with van der Waals surface area (Å²) in [4.78, 5) is 24.5. The topological polar surface area (TPSA) is 49.9 Å². The number of amides is 1. The van der Waals surface area contributed by atoms with Crippen LogP contribution in [0.1, 0.15) is 61.0 Å². The largest absolute Gasteiger partial charge is 0.383 e. The van der Waals surface area contributed by atoms with E-state index in [4.69, 9.17) is 4.74 Å². The summed E-state index contributed by atoms with van der Waals surface area (Å²) < 4.78 is 5.37. The monoisotopic (exact) mass is 358 g/mol. The van der Waals surface area contributed by atoms with E-state index in [0.29, 0.717) is 12.2 Å². The molecule has 1 aromatic rings. The third kappa shape index (κ3) is 4.59. The van der Waals surface area contributed by atoms with Crippen molar-refractivity contribution < 1.29 is 14.3 Å². The van der Waals surface area contributed by atoms with E-state index in [0.717, 1.165) is 50.5 Å². The molecule has 1 aliphatic heterocycles. The Kier molecular flexibility index (Phi) is 8.01. The molecule has 5 nitrogen and oxygen atoms in total. The first kappa shape index (κ1) is 20.3. The maximum absolute atomic E-state index is 12.9. The highest BCUT2D eigenvalue weighted by Crippen LogP contribution is 2.33. The highest BCUT2D eigenvalue weighted by Gasteiger charge is 2.36. The number of ether oxygens (including phenoxy) is 1. The van der Waals surface area contributed by atoms with Crippen LogP contribution in [0.2, 0.25) is 0 Å². The fourth-order valence-electron chi connectivity index (χ4n) is 3.75. The molecule has 0 saturated carbocycles. The van der Waals surface area contributed by atoms with Crippen molar-refractivity contribution in [2.75, 3.05) is 20.3 Å². The smallest absolute Gasteiger partial charge is 0.260 e. The molecular weight excluding hydrogens is 328 g/mol. The number of nitrogens with zero attached hydrogens (tertiary/aromatic N) is 2. The number of hydrogen-bond acceptors (Lipinski definition) is 4. The highest BCUT2D eigenvalue weighted by atomic mass is 16.5. The van der Waals surface area contributed by atoms with Crippen LogP contribution in [0.5, 0.6) is 0 Å². The van der Waals surface area contributed by atoms with E-state index < -0.39 is 0 Å². The Morgan fingerprint density at radius 3 is 2.88 bits per heavy atom. The Balaban J connectivity index is 2.46. The number of hydrogen-bond donors (Lipinski definition) is 0. The van der Waals surface area contributed by atoms with Gasteiger partial charge in [-0.3, -0.25) is 14.6 Å². The summed E-state index contributed by atoms with van der Waals surface area (Å²) in [6.07, 6.45) is 7.05. The van der Waals surface area contributed by atoms with E-state index in [2.05, 4.69) is 18.5 Å². The Bertz CT molecular complexity index is 617. The predicted molar refractivity (Wildman–Crippen MR) is 103 cm³/mol. The molecule has 0 N–H and O–H groups in total. The van der Waals surface area contributed by atoms with Crippen LogP contribution in [-0.4, -0.2) is 48.5 Å². The third-order valence-corrected chi connectivity index (χ3v) is 4.99. The Morgan fingerprint density at radius 2 is 2.23 bits per heavy atom. The van der Waals surface area contributed by atoms with Crippen LogP contribution in [0.4, 0.5) is 0 Å². The van der Waals surface area contributed by atoms with Crippen LogP contribution in [0.3, 0.4) is 0 Å². The average molecular weight is 358 g/mol. The second-order valence-corrected chi connectivity index (χ2v) is 6.71. The van der Waals surface area contributed by atoms with E-state index in [1.54, 1.807) is 7.11 Å². The van der Waals surface area contributed by atoms with Crippen LogP contribution in [0.25, 0.3) is 0 Å². The molecule has 0 aromatic heterocycles. The lowest BCUT2D eigenvalue weighted by Crippen LogP contribution is -2.51. The van der Waals surface area contributed by atoms with Crippen LogP contribution < -0.4 is 0 Å². The first-order valence-corrected chi connectivity index (χ1v) is 9.43. The molecule has 0 aliphatic carbocycles. The number of aldehydes is 1. The van der Waals surface area contributed by atoms with Crippen molar-refractivity contribution >= 4 is 12.2 Å². The normalized spacial score (nSPS) is 18.5. The summed E-state index contributed by atoms with van der Waals surface area (Å²) in [5.74, 6) is -0.130. The van der Waals surface area contributed by atoms with Gasteiger partial charge in [0, 0.05) is 19.2 Å².